The van der Waals surface area contributed by atoms with Gasteiger partial charge >= 0.3 is 0 Å². The molecule has 2 rings (SSSR count). The molecule has 1 aromatic carbocycles. The highest BCUT2D eigenvalue weighted by Crippen LogP contribution is 2.30. The molecular weight excluding hydrogens is 294 g/mol. The van der Waals surface area contributed by atoms with Crippen molar-refractivity contribution in [2.75, 3.05) is 33.3 Å². The van der Waals surface area contributed by atoms with Crippen molar-refractivity contribution in [1.29, 1.82) is 5.26 Å². The van der Waals surface area contributed by atoms with E-state index in [1.165, 1.54) is 0 Å². The molecule has 0 amide bonds. The number of nitrogens with zero attached hydrogens (tertiary/aromatic N) is 2. The van der Waals surface area contributed by atoms with Gasteiger partial charge in [-0.3, -0.25) is 4.90 Å². The second-order valence-corrected chi connectivity index (χ2v) is 5.07. The lowest BCUT2D eigenvalue weighted by atomic mass is 10.1. The van der Waals surface area contributed by atoms with Gasteiger partial charge in [0.05, 0.1) is 17.7 Å². The number of ether oxygens (including phenoxy) is 1. The summed E-state index contributed by atoms with van der Waals surface area (Å²) in [7, 11) is 1.64. The Balaban J connectivity index is 2.22. The molecule has 0 saturated carbocycles. The summed E-state index contributed by atoms with van der Waals surface area (Å²) >= 11 is 3.46. The van der Waals surface area contributed by atoms with Gasteiger partial charge in [-0.25, -0.2) is 0 Å². The SMILES string of the molecule is COc1ccc(C(C#N)N2CCNCC2)cc1Br. The monoisotopic (exact) mass is 309 g/mol. The number of piperazine rings is 1. The van der Waals surface area contributed by atoms with Crippen molar-refractivity contribution in [3.63, 3.8) is 0 Å². The molecule has 1 saturated heterocycles. The second kappa shape index (κ2) is 6.19. The summed E-state index contributed by atoms with van der Waals surface area (Å²) in [6.45, 7) is 3.69. The summed E-state index contributed by atoms with van der Waals surface area (Å²) < 4.78 is 6.09. The van der Waals surface area contributed by atoms with Gasteiger partial charge in [0.25, 0.3) is 0 Å². The van der Waals surface area contributed by atoms with Crippen LogP contribution in [0.4, 0.5) is 0 Å². The molecule has 0 aliphatic carbocycles. The van der Waals surface area contributed by atoms with E-state index in [-0.39, 0.29) is 6.04 Å². The summed E-state index contributed by atoms with van der Waals surface area (Å²) in [5.74, 6) is 0.788. The third-order valence-corrected chi connectivity index (χ3v) is 3.75. The van der Waals surface area contributed by atoms with Crippen LogP contribution in [-0.2, 0) is 0 Å². The summed E-state index contributed by atoms with van der Waals surface area (Å²) in [6.07, 6.45) is 0. The first-order chi connectivity index (χ1) is 8.76. The van der Waals surface area contributed by atoms with E-state index >= 15 is 0 Å². The number of benzene rings is 1. The van der Waals surface area contributed by atoms with Crippen LogP contribution in [0.25, 0.3) is 0 Å². The predicted octanol–water partition coefficient (Wildman–Crippen LogP) is 1.93. The Morgan fingerprint density at radius 2 is 2.17 bits per heavy atom. The van der Waals surface area contributed by atoms with E-state index in [4.69, 9.17) is 4.74 Å². The van der Waals surface area contributed by atoms with Crippen LogP contribution in [0.3, 0.4) is 0 Å². The Labute approximate surface area is 116 Å². The van der Waals surface area contributed by atoms with E-state index in [2.05, 4.69) is 32.2 Å². The average Bonchev–Trinajstić information content (AvgIpc) is 2.41. The Morgan fingerprint density at radius 1 is 1.44 bits per heavy atom. The van der Waals surface area contributed by atoms with Gasteiger partial charge in [-0.2, -0.15) is 5.26 Å². The quantitative estimate of drug-likeness (QED) is 0.927. The lowest BCUT2D eigenvalue weighted by molar-refractivity contribution is 0.207. The second-order valence-electron chi connectivity index (χ2n) is 4.21. The van der Waals surface area contributed by atoms with Crippen molar-refractivity contribution in [1.82, 2.24) is 10.2 Å². The first-order valence-corrected chi connectivity index (χ1v) is 6.73. The molecule has 1 unspecified atom stereocenters. The Bertz CT molecular complexity index is 452. The van der Waals surface area contributed by atoms with Crippen LogP contribution in [0.15, 0.2) is 22.7 Å². The van der Waals surface area contributed by atoms with Crippen molar-refractivity contribution < 1.29 is 4.74 Å². The standard InChI is InChI=1S/C13H16BrN3O/c1-18-13-3-2-10(8-11(13)14)12(9-15)17-6-4-16-5-7-17/h2-3,8,12,16H,4-7H2,1H3. The van der Waals surface area contributed by atoms with Gasteiger partial charge in [-0.05, 0) is 33.6 Å². The maximum atomic E-state index is 9.39. The fraction of sp³-hybridized carbons (Fsp3) is 0.462. The van der Waals surface area contributed by atoms with E-state index < -0.39 is 0 Å². The van der Waals surface area contributed by atoms with Crippen LogP contribution in [0.5, 0.6) is 5.75 Å². The van der Waals surface area contributed by atoms with Crippen molar-refractivity contribution >= 4 is 15.9 Å². The fourth-order valence-corrected chi connectivity index (χ4v) is 2.72. The smallest absolute Gasteiger partial charge is 0.133 e. The van der Waals surface area contributed by atoms with Crippen LogP contribution >= 0.6 is 15.9 Å². The third kappa shape index (κ3) is 2.83. The topological polar surface area (TPSA) is 48.3 Å². The normalized spacial score (nSPS) is 18.1. The number of methoxy groups -OCH3 is 1. The molecule has 4 nitrogen and oxygen atoms in total. The van der Waals surface area contributed by atoms with E-state index in [9.17, 15) is 5.26 Å². The van der Waals surface area contributed by atoms with Gasteiger partial charge in [0.15, 0.2) is 0 Å². The van der Waals surface area contributed by atoms with E-state index in [0.717, 1.165) is 42.0 Å². The minimum Gasteiger partial charge on any atom is -0.496 e. The van der Waals surface area contributed by atoms with Gasteiger partial charge in [0.1, 0.15) is 11.8 Å². The molecule has 1 atom stereocenters. The number of nitrogens with one attached hydrogen (secondary N) is 1. The molecule has 1 heterocycles. The van der Waals surface area contributed by atoms with E-state index in [0.29, 0.717) is 0 Å². The Morgan fingerprint density at radius 3 is 2.72 bits per heavy atom. The molecule has 0 radical (unpaired) electrons. The van der Waals surface area contributed by atoms with Crippen LogP contribution < -0.4 is 10.1 Å². The summed E-state index contributed by atoms with van der Waals surface area (Å²) in [5.41, 5.74) is 1.01. The van der Waals surface area contributed by atoms with Crippen molar-refractivity contribution in [2.24, 2.45) is 0 Å². The molecule has 96 valence electrons. The van der Waals surface area contributed by atoms with Gasteiger partial charge in [-0.15, -0.1) is 0 Å². The average molecular weight is 310 g/mol. The number of halogens is 1. The molecule has 0 spiro atoms. The third-order valence-electron chi connectivity index (χ3n) is 3.13. The van der Waals surface area contributed by atoms with Crippen LogP contribution in [0, 0.1) is 11.3 Å². The highest BCUT2D eigenvalue weighted by molar-refractivity contribution is 9.10. The molecular formula is C13H16BrN3O. The minimum absolute atomic E-state index is 0.186. The van der Waals surface area contributed by atoms with Crippen LogP contribution in [-0.4, -0.2) is 38.2 Å². The first kappa shape index (κ1) is 13.3. The first-order valence-electron chi connectivity index (χ1n) is 5.94. The summed E-state index contributed by atoms with van der Waals surface area (Å²) in [6, 6.07) is 8.02. The molecule has 1 aliphatic rings. The van der Waals surface area contributed by atoms with Gasteiger partial charge < -0.3 is 10.1 Å². The molecule has 5 heteroatoms. The zero-order chi connectivity index (χ0) is 13.0. The largest absolute Gasteiger partial charge is 0.496 e. The van der Waals surface area contributed by atoms with Gasteiger partial charge in [0, 0.05) is 26.2 Å². The number of rotatable bonds is 3. The summed E-state index contributed by atoms with van der Waals surface area (Å²) in [4.78, 5) is 2.20. The van der Waals surface area contributed by atoms with E-state index in [1.54, 1.807) is 7.11 Å². The molecule has 18 heavy (non-hydrogen) atoms. The van der Waals surface area contributed by atoms with Gasteiger partial charge in [0.2, 0.25) is 0 Å². The minimum atomic E-state index is -0.186. The predicted molar refractivity (Wildman–Crippen MR) is 73.5 cm³/mol. The Kier molecular flexibility index (Phi) is 4.59. The van der Waals surface area contributed by atoms with Crippen molar-refractivity contribution in [2.45, 2.75) is 6.04 Å². The molecule has 0 aromatic heterocycles. The molecule has 1 aliphatic heterocycles. The van der Waals surface area contributed by atoms with Crippen molar-refractivity contribution in [3.05, 3.63) is 28.2 Å². The molecule has 0 bridgehead atoms. The molecule has 1 N–H and O–H groups in total. The zero-order valence-corrected chi connectivity index (χ0v) is 11.9. The summed E-state index contributed by atoms with van der Waals surface area (Å²) in [5, 5.41) is 12.7. The zero-order valence-electron chi connectivity index (χ0n) is 10.3. The highest BCUT2D eigenvalue weighted by Gasteiger charge is 2.22. The maximum Gasteiger partial charge on any atom is 0.133 e. The van der Waals surface area contributed by atoms with Gasteiger partial charge in [-0.1, -0.05) is 6.07 Å². The van der Waals surface area contributed by atoms with E-state index in [1.807, 2.05) is 18.2 Å². The lowest BCUT2D eigenvalue weighted by Gasteiger charge is -2.31. The van der Waals surface area contributed by atoms with Crippen molar-refractivity contribution in [3.8, 4) is 11.8 Å². The molecule has 1 aromatic rings. The van der Waals surface area contributed by atoms with Crippen LogP contribution in [0.2, 0.25) is 0 Å². The Hall–Kier alpha value is -1.09. The highest BCUT2D eigenvalue weighted by atomic mass is 79.9. The fourth-order valence-electron chi connectivity index (χ4n) is 2.16. The van der Waals surface area contributed by atoms with Crippen LogP contribution in [0.1, 0.15) is 11.6 Å². The number of hydrogen-bond donors (Lipinski definition) is 1. The lowest BCUT2D eigenvalue weighted by Crippen LogP contribution is -2.44. The maximum absolute atomic E-state index is 9.39. The number of hydrogen-bond acceptors (Lipinski definition) is 4. The molecule has 1 fully saturated rings. The number of nitriles is 1.